The van der Waals surface area contributed by atoms with Gasteiger partial charge in [0.15, 0.2) is 0 Å². The lowest BCUT2D eigenvalue weighted by molar-refractivity contribution is -0.384. The van der Waals surface area contributed by atoms with Gasteiger partial charge in [0.05, 0.1) is 23.6 Å². The van der Waals surface area contributed by atoms with Crippen LogP contribution in [-0.4, -0.2) is 17.6 Å². The van der Waals surface area contributed by atoms with Crippen molar-refractivity contribution in [3.63, 3.8) is 0 Å². The Morgan fingerprint density at radius 3 is 2.72 bits per heavy atom. The molecular weight excluding hydrogens is 232 g/mol. The molecule has 1 aromatic rings. The van der Waals surface area contributed by atoms with Gasteiger partial charge in [-0.3, -0.25) is 10.1 Å². The van der Waals surface area contributed by atoms with E-state index in [1.165, 1.54) is 12.1 Å². The van der Waals surface area contributed by atoms with Crippen molar-refractivity contribution < 1.29 is 9.66 Å². The van der Waals surface area contributed by atoms with Gasteiger partial charge in [-0.15, -0.1) is 5.92 Å². The zero-order valence-corrected chi connectivity index (χ0v) is 10.7. The van der Waals surface area contributed by atoms with E-state index in [1.807, 2.05) is 13.8 Å². The predicted molar refractivity (Wildman–Crippen MR) is 70.8 cm³/mol. The molecule has 0 saturated carbocycles. The molecule has 1 N–H and O–H groups in total. The number of nitro benzene ring substituents is 1. The number of nitrogens with zero attached hydrogens (tertiary/aromatic N) is 1. The Balaban J connectivity index is 2.96. The van der Waals surface area contributed by atoms with Crippen molar-refractivity contribution in [2.75, 3.05) is 11.9 Å². The van der Waals surface area contributed by atoms with Crippen molar-refractivity contribution >= 4 is 11.4 Å². The lowest BCUT2D eigenvalue weighted by atomic mass is 10.2. The van der Waals surface area contributed by atoms with Gasteiger partial charge >= 0.3 is 0 Å². The second-order valence-corrected chi connectivity index (χ2v) is 3.92. The molecule has 0 saturated heterocycles. The third-order valence-electron chi connectivity index (χ3n) is 2.03. The van der Waals surface area contributed by atoms with Crippen molar-refractivity contribution in [2.45, 2.75) is 26.9 Å². The van der Waals surface area contributed by atoms with Crippen LogP contribution >= 0.6 is 0 Å². The quantitative estimate of drug-likeness (QED) is 0.494. The minimum absolute atomic E-state index is 0.0000997. The number of nitrogens with one attached hydrogen (secondary N) is 1. The molecule has 1 rings (SSSR count). The summed E-state index contributed by atoms with van der Waals surface area (Å²) in [4.78, 5) is 10.4. The molecule has 1 aromatic carbocycles. The molecule has 0 fully saturated rings. The fourth-order valence-electron chi connectivity index (χ4n) is 1.37. The van der Waals surface area contributed by atoms with E-state index in [1.54, 1.807) is 13.0 Å². The van der Waals surface area contributed by atoms with E-state index in [0.717, 1.165) is 0 Å². The Hall–Kier alpha value is -2.22. The SMILES string of the molecule is CC#CCNc1cc(OC(C)C)cc([N+](=O)[O-])c1. The molecule has 5 nitrogen and oxygen atoms in total. The molecule has 18 heavy (non-hydrogen) atoms. The number of ether oxygens (including phenoxy) is 1. The second kappa shape index (κ2) is 6.50. The monoisotopic (exact) mass is 248 g/mol. The normalized spacial score (nSPS) is 9.56. The molecule has 0 aromatic heterocycles. The van der Waals surface area contributed by atoms with Crippen molar-refractivity contribution in [3.8, 4) is 17.6 Å². The van der Waals surface area contributed by atoms with Crippen LogP contribution in [0.4, 0.5) is 11.4 Å². The molecule has 0 unspecified atom stereocenters. The minimum atomic E-state index is -0.441. The van der Waals surface area contributed by atoms with E-state index < -0.39 is 4.92 Å². The lowest BCUT2D eigenvalue weighted by Crippen LogP contribution is -2.07. The highest BCUT2D eigenvalue weighted by Gasteiger charge is 2.11. The number of nitro groups is 1. The van der Waals surface area contributed by atoms with Crippen LogP contribution in [0.3, 0.4) is 0 Å². The summed E-state index contributed by atoms with van der Waals surface area (Å²) >= 11 is 0. The average molecular weight is 248 g/mol. The number of benzene rings is 1. The zero-order chi connectivity index (χ0) is 13.5. The van der Waals surface area contributed by atoms with Crippen LogP contribution in [0, 0.1) is 22.0 Å². The van der Waals surface area contributed by atoms with Gasteiger partial charge in [0, 0.05) is 17.8 Å². The molecule has 0 aliphatic carbocycles. The molecule has 0 aliphatic rings. The Morgan fingerprint density at radius 1 is 1.44 bits per heavy atom. The maximum atomic E-state index is 10.8. The van der Waals surface area contributed by atoms with Crippen molar-refractivity contribution in [2.24, 2.45) is 0 Å². The van der Waals surface area contributed by atoms with Gasteiger partial charge in [-0.25, -0.2) is 0 Å². The van der Waals surface area contributed by atoms with Crippen LogP contribution in [0.1, 0.15) is 20.8 Å². The molecule has 96 valence electrons. The third kappa shape index (κ3) is 4.34. The van der Waals surface area contributed by atoms with Crippen molar-refractivity contribution in [1.29, 1.82) is 0 Å². The number of rotatable bonds is 5. The fraction of sp³-hybridized carbons (Fsp3) is 0.385. The molecule has 0 atom stereocenters. The molecule has 0 spiro atoms. The summed E-state index contributed by atoms with van der Waals surface area (Å²) in [7, 11) is 0. The summed E-state index contributed by atoms with van der Waals surface area (Å²) in [6, 6.07) is 4.60. The summed E-state index contributed by atoms with van der Waals surface area (Å²) in [5.41, 5.74) is 0.628. The molecule has 5 heteroatoms. The molecule has 0 radical (unpaired) electrons. The first-order valence-electron chi connectivity index (χ1n) is 5.62. The standard InChI is InChI=1S/C13H16N2O3/c1-4-5-6-14-11-7-12(15(16)17)9-13(8-11)18-10(2)3/h7-10,14H,6H2,1-3H3. The molecule has 0 heterocycles. The molecule has 0 bridgehead atoms. The van der Waals surface area contributed by atoms with Crippen LogP contribution in [0.25, 0.3) is 0 Å². The van der Waals surface area contributed by atoms with Gasteiger partial charge in [0.2, 0.25) is 0 Å². The summed E-state index contributed by atoms with van der Waals surface area (Å²) in [5, 5.41) is 13.8. The van der Waals surface area contributed by atoms with E-state index in [2.05, 4.69) is 17.2 Å². The van der Waals surface area contributed by atoms with Gasteiger partial charge in [-0.2, -0.15) is 0 Å². The van der Waals surface area contributed by atoms with Crippen LogP contribution in [0.5, 0.6) is 5.75 Å². The number of anilines is 1. The number of hydrogen-bond acceptors (Lipinski definition) is 4. The van der Waals surface area contributed by atoms with Gasteiger partial charge in [0.1, 0.15) is 5.75 Å². The van der Waals surface area contributed by atoms with Crippen LogP contribution < -0.4 is 10.1 Å². The lowest BCUT2D eigenvalue weighted by Gasteiger charge is -2.11. The first-order valence-corrected chi connectivity index (χ1v) is 5.62. The summed E-state index contributed by atoms with van der Waals surface area (Å²) in [6.45, 7) is 5.92. The van der Waals surface area contributed by atoms with Gasteiger partial charge in [-0.1, -0.05) is 5.92 Å². The Morgan fingerprint density at radius 2 is 2.17 bits per heavy atom. The highest BCUT2D eigenvalue weighted by atomic mass is 16.6. The van der Waals surface area contributed by atoms with Crippen LogP contribution in [-0.2, 0) is 0 Å². The highest BCUT2D eigenvalue weighted by molar-refractivity contribution is 5.56. The number of hydrogen-bond donors (Lipinski definition) is 1. The first-order chi connectivity index (χ1) is 8.52. The van der Waals surface area contributed by atoms with Crippen molar-refractivity contribution in [1.82, 2.24) is 0 Å². The maximum absolute atomic E-state index is 10.8. The average Bonchev–Trinajstić information content (AvgIpc) is 2.28. The smallest absolute Gasteiger partial charge is 0.275 e. The predicted octanol–water partition coefficient (Wildman–Crippen LogP) is 2.82. The van der Waals surface area contributed by atoms with Gasteiger partial charge in [-0.05, 0) is 20.8 Å². The second-order valence-electron chi connectivity index (χ2n) is 3.92. The minimum Gasteiger partial charge on any atom is -0.491 e. The van der Waals surface area contributed by atoms with Crippen LogP contribution in [0.15, 0.2) is 18.2 Å². The Labute approximate surface area is 106 Å². The molecule has 0 amide bonds. The van der Waals surface area contributed by atoms with E-state index in [-0.39, 0.29) is 11.8 Å². The largest absolute Gasteiger partial charge is 0.491 e. The maximum Gasteiger partial charge on any atom is 0.275 e. The fourth-order valence-corrected chi connectivity index (χ4v) is 1.37. The third-order valence-corrected chi connectivity index (χ3v) is 2.03. The summed E-state index contributed by atoms with van der Waals surface area (Å²) < 4.78 is 5.47. The van der Waals surface area contributed by atoms with Crippen molar-refractivity contribution in [3.05, 3.63) is 28.3 Å². The topological polar surface area (TPSA) is 64.4 Å². The molecular formula is C13H16N2O3. The first kappa shape index (κ1) is 13.8. The van der Waals surface area contributed by atoms with E-state index in [4.69, 9.17) is 4.74 Å². The number of non-ortho nitro benzene ring substituents is 1. The molecule has 0 aliphatic heterocycles. The van der Waals surface area contributed by atoms with Gasteiger partial charge < -0.3 is 10.1 Å². The van der Waals surface area contributed by atoms with E-state index >= 15 is 0 Å². The highest BCUT2D eigenvalue weighted by Crippen LogP contribution is 2.26. The van der Waals surface area contributed by atoms with E-state index in [9.17, 15) is 10.1 Å². The van der Waals surface area contributed by atoms with E-state index in [0.29, 0.717) is 18.0 Å². The Bertz CT molecular complexity index is 487. The van der Waals surface area contributed by atoms with Gasteiger partial charge in [0.25, 0.3) is 5.69 Å². The Kier molecular flexibility index (Phi) is 5.00. The summed E-state index contributed by atoms with van der Waals surface area (Å²) in [6.07, 6.45) is -0.0321. The zero-order valence-electron chi connectivity index (χ0n) is 10.7. The summed E-state index contributed by atoms with van der Waals surface area (Å²) in [5.74, 6) is 6.06. The van der Waals surface area contributed by atoms with Crippen LogP contribution in [0.2, 0.25) is 0 Å².